The topological polar surface area (TPSA) is 195 Å². The SMILES string of the molecule is CN1C(=O)C(c2c(CCCCCc3[nH]c4ccccc4c3C3=C(N4CCNCC4CC(=O)C4CCNC4)C(=O)N(C)C3=O)[nH]c3ccccc23)=C(N2CCNCC2CC(=O)C2CCNC2)C1=O. The summed E-state index contributed by atoms with van der Waals surface area (Å²) in [6, 6.07) is 15.3. The molecular formula is C51H62N10O6. The molecule has 2 aromatic heterocycles. The van der Waals surface area contributed by atoms with Crippen LogP contribution in [0, 0.1) is 11.8 Å². The Morgan fingerprint density at radius 2 is 0.955 bits per heavy atom. The van der Waals surface area contributed by atoms with Gasteiger partial charge in [-0.1, -0.05) is 42.8 Å². The second-order valence-electron chi connectivity index (χ2n) is 19.2. The molecule has 8 heterocycles. The first-order valence-electron chi connectivity index (χ1n) is 24.4. The molecule has 352 valence electrons. The van der Waals surface area contributed by atoms with Crippen molar-refractivity contribution < 1.29 is 28.8 Å². The number of aromatic amines is 2. The lowest BCUT2D eigenvalue weighted by Crippen LogP contribution is -2.53. The highest BCUT2D eigenvalue weighted by molar-refractivity contribution is 6.38. The number of aryl methyl sites for hydroxylation is 2. The van der Waals surface area contributed by atoms with Gasteiger partial charge in [-0.25, -0.2) is 0 Å². The molecule has 6 aliphatic rings. The summed E-state index contributed by atoms with van der Waals surface area (Å²) in [5, 5.41) is 15.2. The number of piperazine rings is 2. The lowest BCUT2D eigenvalue weighted by molar-refractivity contribution is -0.137. The van der Waals surface area contributed by atoms with Gasteiger partial charge in [0.15, 0.2) is 0 Å². The van der Waals surface area contributed by atoms with Gasteiger partial charge in [0, 0.05) is 148 Å². The molecule has 16 nitrogen and oxygen atoms in total. The molecule has 0 radical (unpaired) electrons. The molecule has 0 bridgehead atoms. The summed E-state index contributed by atoms with van der Waals surface area (Å²) in [5.74, 6) is -1.09. The summed E-state index contributed by atoms with van der Waals surface area (Å²) in [4.78, 5) is 97.6. The number of amides is 4. The first-order valence-corrected chi connectivity index (χ1v) is 24.4. The fraction of sp³-hybridized carbons (Fsp3) is 0.490. The van der Waals surface area contributed by atoms with Crippen molar-refractivity contribution in [3.63, 3.8) is 0 Å². The van der Waals surface area contributed by atoms with Crippen LogP contribution in [0.3, 0.4) is 0 Å². The van der Waals surface area contributed by atoms with E-state index >= 15 is 0 Å². The number of unbranched alkanes of at least 4 members (excludes halogenated alkanes) is 2. The maximum atomic E-state index is 14.3. The number of rotatable bonds is 16. The fourth-order valence-electron chi connectivity index (χ4n) is 11.5. The zero-order chi connectivity index (χ0) is 46.3. The lowest BCUT2D eigenvalue weighted by atomic mass is 9.93. The monoisotopic (exact) mass is 910 g/mol. The molecule has 16 heteroatoms. The van der Waals surface area contributed by atoms with Gasteiger partial charge in [0.1, 0.15) is 23.0 Å². The van der Waals surface area contributed by atoms with Crippen LogP contribution >= 0.6 is 0 Å². The van der Waals surface area contributed by atoms with Crippen LogP contribution in [0.4, 0.5) is 0 Å². The van der Waals surface area contributed by atoms with Crippen LogP contribution in [0.1, 0.15) is 67.5 Å². The van der Waals surface area contributed by atoms with E-state index in [9.17, 15) is 28.8 Å². The number of likely N-dealkylation sites (N-methyl/N-ethyl adjacent to an activating group) is 2. The number of carbonyl (C=O) groups excluding carboxylic acids is 6. The van der Waals surface area contributed by atoms with Crippen molar-refractivity contribution in [1.29, 1.82) is 0 Å². The number of imide groups is 2. The molecule has 2 aromatic carbocycles. The van der Waals surface area contributed by atoms with Gasteiger partial charge >= 0.3 is 0 Å². The third kappa shape index (κ3) is 8.31. The molecule has 0 spiro atoms. The number of hydrogen-bond acceptors (Lipinski definition) is 12. The van der Waals surface area contributed by atoms with E-state index in [1.807, 2.05) is 58.3 Å². The van der Waals surface area contributed by atoms with Gasteiger partial charge in [0.05, 0.1) is 11.1 Å². The molecule has 0 aliphatic carbocycles. The molecular weight excluding hydrogens is 849 g/mol. The Kier molecular flexibility index (Phi) is 12.7. The van der Waals surface area contributed by atoms with Crippen molar-refractivity contribution in [2.24, 2.45) is 11.8 Å². The predicted molar refractivity (Wildman–Crippen MR) is 255 cm³/mol. The van der Waals surface area contributed by atoms with E-state index in [4.69, 9.17) is 0 Å². The quantitative estimate of drug-likeness (QED) is 0.0713. The number of Topliss-reactive ketones (excluding diaryl/α,β-unsaturated/α-hetero) is 2. The zero-order valence-corrected chi connectivity index (χ0v) is 38.6. The smallest absolute Gasteiger partial charge is 0.277 e. The molecule has 10 rings (SSSR count). The van der Waals surface area contributed by atoms with E-state index < -0.39 is 0 Å². The summed E-state index contributed by atoms with van der Waals surface area (Å²) in [6.07, 6.45) is 5.84. The Bertz CT molecular complexity index is 2520. The predicted octanol–water partition coefficient (Wildman–Crippen LogP) is 2.71. The molecule has 4 atom stereocenters. The number of carbonyl (C=O) groups is 6. The van der Waals surface area contributed by atoms with Crippen molar-refractivity contribution >= 4 is 68.1 Å². The number of para-hydroxylation sites is 2. The second-order valence-corrected chi connectivity index (χ2v) is 19.2. The Balaban J connectivity index is 0.919. The Morgan fingerprint density at radius 1 is 0.537 bits per heavy atom. The summed E-state index contributed by atoms with van der Waals surface area (Å²) >= 11 is 0. The number of H-pyrrole nitrogens is 2. The summed E-state index contributed by atoms with van der Waals surface area (Å²) < 4.78 is 0. The molecule has 4 fully saturated rings. The van der Waals surface area contributed by atoms with Crippen LogP contribution in [0.5, 0.6) is 0 Å². The molecule has 4 saturated heterocycles. The largest absolute Gasteiger partial charge is 0.360 e. The molecule has 4 aromatic rings. The van der Waals surface area contributed by atoms with Crippen molar-refractivity contribution in [2.45, 2.75) is 69.9 Å². The third-order valence-corrected chi connectivity index (χ3v) is 15.1. The van der Waals surface area contributed by atoms with Crippen LogP contribution < -0.4 is 21.3 Å². The van der Waals surface area contributed by atoms with E-state index in [0.717, 1.165) is 89.5 Å². The van der Waals surface area contributed by atoms with E-state index in [-0.39, 0.29) is 59.1 Å². The molecule has 6 aliphatic heterocycles. The van der Waals surface area contributed by atoms with Gasteiger partial charge < -0.3 is 41.0 Å². The Hall–Kier alpha value is -5.94. The maximum absolute atomic E-state index is 14.3. The number of nitrogens with one attached hydrogen (secondary N) is 6. The van der Waals surface area contributed by atoms with Crippen molar-refractivity contribution in [3.05, 3.63) is 82.4 Å². The van der Waals surface area contributed by atoms with E-state index in [1.165, 1.54) is 9.80 Å². The Morgan fingerprint density at radius 3 is 1.37 bits per heavy atom. The van der Waals surface area contributed by atoms with E-state index in [0.29, 0.717) is 101 Å². The van der Waals surface area contributed by atoms with Gasteiger partial charge in [0.2, 0.25) is 0 Å². The van der Waals surface area contributed by atoms with Crippen LogP contribution in [-0.4, -0.2) is 156 Å². The van der Waals surface area contributed by atoms with Gasteiger partial charge in [-0.05, 0) is 63.7 Å². The van der Waals surface area contributed by atoms with Gasteiger partial charge in [-0.3, -0.25) is 38.6 Å². The maximum Gasteiger partial charge on any atom is 0.277 e. The number of ketones is 2. The molecule has 4 amide bonds. The minimum Gasteiger partial charge on any atom is -0.360 e. The fourth-order valence-corrected chi connectivity index (χ4v) is 11.5. The molecule has 67 heavy (non-hydrogen) atoms. The van der Waals surface area contributed by atoms with Crippen LogP contribution in [-0.2, 0) is 41.6 Å². The molecule has 0 saturated carbocycles. The van der Waals surface area contributed by atoms with Crippen LogP contribution in [0.15, 0.2) is 59.9 Å². The van der Waals surface area contributed by atoms with Gasteiger partial charge in [-0.2, -0.15) is 0 Å². The van der Waals surface area contributed by atoms with E-state index in [1.54, 1.807) is 14.1 Å². The summed E-state index contributed by atoms with van der Waals surface area (Å²) in [6.45, 7) is 6.35. The summed E-state index contributed by atoms with van der Waals surface area (Å²) in [7, 11) is 3.09. The minimum atomic E-state index is -0.346. The number of aromatic nitrogens is 2. The standard InChI is InChI=1S/C51H62N10O6/c1-58-48(64)44(46(50(58)66)60-22-20-54-28-32(60)24-40(62)30-16-18-52-26-30)42-34-10-6-8-12-36(34)56-38(42)14-4-3-5-15-39-43(35-11-7-9-13-37(35)57-39)45-47(51(67)59(2)49(45)65)61-23-21-55-29-33(61)25-41(63)31-17-19-53-27-31/h6-13,30-33,52-57H,3-5,14-29H2,1-2H3. The lowest BCUT2D eigenvalue weighted by Gasteiger charge is -2.38. The second kappa shape index (κ2) is 19.0. The highest BCUT2D eigenvalue weighted by atomic mass is 16.2. The van der Waals surface area contributed by atoms with Crippen molar-refractivity contribution in [1.82, 2.24) is 50.8 Å². The molecule has 4 unspecified atom stereocenters. The Labute approximate surface area is 390 Å². The van der Waals surface area contributed by atoms with Gasteiger partial charge in [-0.15, -0.1) is 0 Å². The number of benzene rings is 2. The third-order valence-electron chi connectivity index (χ3n) is 15.1. The highest BCUT2D eigenvalue weighted by Gasteiger charge is 2.46. The number of nitrogens with zero attached hydrogens (tertiary/aromatic N) is 4. The average molecular weight is 911 g/mol. The summed E-state index contributed by atoms with van der Waals surface area (Å²) in [5.41, 5.74) is 6.56. The first-order chi connectivity index (χ1) is 32.6. The number of fused-ring (bicyclic) bond motifs is 2. The number of hydrogen-bond donors (Lipinski definition) is 6. The van der Waals surface area contributed by atoms with Crippen molar-refractivity contribution in [2.75, 3.05) is 79.5 Å². The zero-order valence-electron chi connectivity index (χ0n) is 38.6. The van der Waals surface area contributed by atoms with Crippen LogP contribution in [0.2, 0.25) is 0 Å². The minimum absolute atomic E-state index is 0.0403. The van der Waals surface area contributed by atoms with Crippen LogP contribution in [0.25, 0.3) is 33.0 Å². The van der Waals surface area contributed by atoms with Crippen molar-refractivity contribution in [3.8, 4) is 0 Å². The highest BCUT2D eigenvalue weighted by Crippen LogP contribution is 2.41. The van der Waals surface area contributed by atoms with Gasteiger partial charge in [0.25, 0.3) is 23.6 Å². The normalized spacial score (nSPS) is 24.0. The molecule has 6 N–H and O–H groups in total. The average Bonchev–Trinajstić information content (AvgIpc) is 4.22. The first kappa shape index (κ1) is 44.9. The van der Waals surface area contributed by atoms with E-state index in [2.05, 4.69) is 31.2 Å².